The number of hydrogen-bond acceptors (Lipinski definition) is 4. The molecule has 1 aliphatic heterocycles. The third-order valence-corrected chi connectivity index (χ3v) is 6.56. The van der Waals surface area contributed by atoms with E-state index in [1.165, 1.54) is 18.2 Å². The maximum absolute atomic E-state index is 12.9. The summed E-state index contributed by atoms with van der Waals surface area (Å²) in [6, 6.07) is 4.06. The average Bonchev–Trinajstić information content (AvgIpc) is 3.14. The number of benzene rings is 1. The Morgan fingerprint density at radius 1 is 1.12 bits per heavy atom. The fraction of sp³-hybridized carbons (Fsp3) is 0.412. The minimum absolute atomic E-state index is 0.0123. The van der Waals surface area contributed by atoms with Crippen LogP contribution >= 0.6 is 11.6 Å². The predicted molar refractivity (Wildman–Crippen MR) is 85.4 cm³/mol. The van der Waals surface area contributed by atoms with Crippen LogP contribution in [0, 0.1) is 39.2 Å². The Hall–Kier alpha value is -2.21. The Morgan fingerprint density at radius 2 is 1.71 bits per heavy atom. The molecule has 4 atom stereocenters. The first-order valence-corrected chi connectivity index (χ1v) is 8.33. The molecule has 1 saturated heterocycles. The molecule has 7 heteroatoms. The molecule has 1 aromatic carbocycles. The third kappa shape index (κ3) is 1.48. The molecule has 0 radical (unpaired) electrons. The van der Waals surface area contributed by atoms with Crippen molar-refractivity contribution in [3.8, 4) is 0 Å². The lowest BCUT2D eigenvalue weighted by molar-refractivity contribution is -0.384. The van der Waals surface area contributed by atoms with Gasteiger partial charge in [-0.3, -0.25) is 19.7 Å². The van der Waals surface area contributed by atoms with Gasteiger partial charge in [0.15, 0.2) is 0 Å². The highest BCUT2D eigenvalue weighted by atomic mass is 35.5. The summed E-state index contributed by atoms with van der Waals surface area (Å²) >= 11 is 5.83. The Kier molecular flexibility index (Phi) is 2.51. The molecule has 0 aromatic heterocycles. The number of hydrogen-bond donors (Lipinski definition) is 0. The van der Waals surface area contributed by atoms with Gasteiger partial charge in [0, 0.05) is 6.07 Å². The van der Waals surface area contributed by atoms with E-state index in [1.807, 2.05) is 0 Å². The molecule has 2 amide bonds. The number of amides is 2. The van der Waals surface area contributed by atoms with Gasteiger partial charge in [-0.15, -0.1) is 0 Å². The molecule has 2 saturated carbocycles. The molecule has 3 fully saturated rings. The Morgan fingerprint density at radius 3 is 2.21 bits per heavy atom. The van der Waals surface area contributed by atoms with E-state index in [4.69, 9.17) is 11.6 Å². The van der Waals surface area contributed by atoms with Crippen LogP contribution < -0.4 is 4.90 Å². The molecule has 1 aromatic rings. The second-order valence-corrected chi connectivity index (χ2v) is 7.53. The van der Waals surface area contributed by atoms with E-state index in [1.54, 1.807) is 0 Å². The zero-order valence-corrected chi connectivity index (χ0v) is 13.3. The van der Waals surface area contributed by atoms with Gasteiger partial charge in [-0.05, 0) is 42.2 Å². The molecule has 4 aliphatic rings. The second kappa shape index (κ2) is 4.25. The van der Waals surface area contributed by atoms with Gasteiger partial charge in [0.1, 0.15) is 5.02 Å². The smallest absolute Gasteiger partial charge is 0.274 e. The summed E-state index contributed by atoms with van der Waals surface area (Å²) in [5.41, 5.74) is 0.0741. The van der Waals surface area contributed by atoms with Crippen molar-refractivity contribution in [1.29, 1.82) is 0 Å². The molecule has 3 aliphatic carbocycles. The standard InChI is InChI=1S/C17H13ClN2O4/c18-11-4-1-8(7-12(11)20(23)24)19-15(21)13-9-2-3-10(14(13)16(19)22)17(9)5-6-17/h1-4,7,9-10,13-14H,5-6H2/t9-,10-,13-,14-/m0/s1. The molecular formula is C17H13ClN2O4. The number of carbonyl (C=O) groups excluding carboxylic acids is 2. The summed E-state index contributed by atoms with van der Waals surface area (Å²) in [5, 5.41) is 11.1. The average molecular weight is 345 g/mol. The highest BCUT2D eigenvalue weighted by Crippen LogP contribution is 2.73. The zero-order chi connectivity index (χ0) is 16.8. The summed E-state index contributed by atoms with van der Waals surface area (Å²) in [4.78, 5) is 37.5. The van der Waals surface area contributed by atoms with Crippen LogP contribution in [0.25, 0.3) is 0 Å². The first-order chi connectivity index (χ1) is 11.5. The van der Waals surface area contributed by atoms with Gasteiger partial charge in [0.2, 0.25) is 11.8 Å². The van der Waals surface area contributed by atoms with Gasteiger partial charge in [0.05, 0.1) is 22.4 Å². The Labute approximate surface area is 142 Å². The minimum Gasteiger partial charge on any atom is -0.274 e. The van der Waals surface area contributed by atoms with Gasteiger partial charge >= 0.3 is 0 Å². The van der Waals surface area contributed by atoms with Crippen LogP contribution in [0.5, 0.6) is 0 Å². The van der Waals surface area contributed by atoms with E-state index in [2.05, 4.69) is 12.2 Å². The summed E-state index contributed by atoms with van der Waals surface area (Å²) < 4.78 is 0. The summed E-state index contributed by atoms with van der Waals surface area (Å²) in [6.45, 7) is 0. The second-order valence-electron chi connectivity index (χ2n) is 7.13. The molecule has 122 valence electrons. The summed E-state index contributed by atoms with van der Waals surface area (Å²) in [6.07, 6.45) is 6.35. The number of imide groups is 1. The molecule has 24 heavy (non-hydrogen) atoms. The first kappa shape index (κ1) is 14.2. The predicted octanol–water partition coefficient (Wildman–Crippen LogP) is 2.95. The van der Waals surface area contributed by atoms with Crippen molar-refractivity contribution in [1.82, 2.24) is 0 Å². The molecule has 5 rings (SSSR count). The number of halogens is 1. The maximum atomic E-state index is 12.9. The third-order valence-electron chi connectivity index (χ3n) is 6.24. The minimum atomic E-state index is -0.609. The molecular weight excluding hydrogens is 332 g/mol. The zero-order valence-electron chi connectivity index (χ0n) is 12.5. The number of anilines is 1. The van der Waals surface area contributed by atoms with Crippen molar-refractivity contribution in [2.45, 2.75) is 12.8 Å². The van der Waals surface area contributed by atoms with Crippen LogP contribution in [0.3, 0.4) is 0 Å². The quantitative estimate of drug-likeness (QED) is 0.357. The van der Waals surface area contributed by atoms with Crippen molar-refractivity contribution < 1.29 is 14.5 Å². The Balaban J connectivity index is 1.56. The van der Waals surface area contributed by atoms with E-state index in [9.17, 15) is 19.7 Å². The molecule has 0 unspecified atom stereocenters. The van der Waals surface area contributed by atoms with Crippen LogP contribution in [0.4, 0.5) is 11.4 Å². The molecule has 6 nitrogen and oxygen atoms in total. The van der Waals surface area contributed by atoms with Gasteiger partial charge in [-0.1, -0.05) is 23.8 Å². The SMILES string of the molecule is O=C1[C@@H]2[C@@H](C(=O)N1c1ccc(Cl)c([N+](=O)[O-])c1)[C@@H]1C=C[C@@H]2C12CC2. The van der Waals surface area contributed by atoms with E-state index in [0.717, 1.165) is 17.7 Å². The lowest BCUT2D eigenvalue weighted by atomic mass is 9.85. The van der Waals surface area contributed by atoms with Crippen molar-refractivity contribution in [2.24, 2.45) is 29.1 Å². The number of allylic oxidation sites excluding steroid dienone is 2. The van der Waals surface area contributed by atoms with Gasteiger partial charge in [-0.2, -0.15) is 0 Å². The summed E-state index contributed by atoms with van der Waals surface area (Å²) in [7, 11) is 0. The fourth-order valence-corrected chi connectivity index (χ4v) is 5.30. The lowest BCUT2D eigenvalue weighted by Crippen LogP contribution is -2.34. The number of nitro groups is 1. The number of carbonyl (C=O) groups is 2. The van der Waals surface area contributed by atoms with E-state index >= 15 is 0 Å². The van der Waals surface area contributed by atoms with Crippen LogP contribution in [0.1, 0.15) is 12.8 Å². The highest BCUT2D eigenvalue weighted by Gasteiger charge is 2.73. The largest absolute Gasteiger partial charge is 0.289 e. The Bertz CT molecular complexity index is 826. The lowest BCUT2D eigenvalue weighted by Gasteiger charge is -2.21. The fourth-order valence-electron chi connectivity index (χ4n) is 5.11. The number of nitrogens with zero attached hydrogens (tertiary/aromatic N) is 2. The monoisotopic (exact) mass is 344 g/mol. The van der Waals surface area contributed by atoms with Crippen LogP contribution in [-0.4, -0.2) is 16.7 Å². The van der Waals surface area contributed by atoms with Crippen LogP contribution in [0.15, 0.2) is 30.4 Å². The van der Waals surface area contributed by atoms with E-state index in [0.29, 0.717) is 0 Å². The number of rotatable bonds is 2. The molecule has 1 spiro atoms. The number of fused-ring (bicyclic) bond motifs is 3. The van der Waals surface area contributed by atoms with Gasteiger partial charge < -0.3 is 0 Å². The van der Waals surface area contributed by atoms with E-state index < -0.39 is 4.92 Å². The van der Waals surface area contributed by atoms with Crippen molar-refractivity contribution in [3.05, 3.63) is 45.5 Å². The first-order valence-electron chi connectivity index (χ1n) is 7.96. The van der Waals surface area contributed by atoms with E-state index in [-0.39, 0.29) is 57.3 Å². The maximum Gasteiger partial charge on any atom is 0.289 e. The highest BCUT2D eigenvalue weighted by molar-refractivity contribution is 6.33. The molecule has 0 N–H and O–H groups in total. The van der Waals surface area contributed by atoms with Crippen molar-refractivity contribution in [3.63, 3.8) is 0 Å². The van der Waals surface area contributed by atoms with Crippen LogP contribution in [0.2, 0.25) is 5.02 Å². The number of nitro benzene ring substituents is 1. The van der Waals surface area contributed by atoms with Gasteiger partial charge in [-0.25, -0.2) is 4.90 Å². The normalized spacial score (nSPS) is 34.3. The summed E-state index contributed by atoms with van der Waals surface area (Å²) in [5.74, 6) is -0.823. The molecule has 2 bridgehead atoms. The topological polar surface area (TPSA) is 80.5 Å². The van der Waals surface area contributed by atoms with Crippen molar-refractivity contribution in [2.75, 3.05) is 4.90 Å². The molecule has 1 heterocycles. The van der Waals surface area contributed by atoms with Crippen molar-refractivity contribution >= 4 is 34.8 Å². The van der Waals surface area contributed by atoms with Gasteiger partial charge in [0.25, 0.3) is 5.69 Å². The van der Waals surface area contributed by atoms with Crippen LogP contribution in [-0.2, 0) is 9.59 Å².